The molecule has 0 unspecified atom stereocenters. The van der Waals surface area contributed by atoms with Gasteiger partial charge in [-0.05, 0) is 50.0 Å². The molecule has 1 aliphatic heterocycles. The zero-order valence-corrected chi connectivity index (χ0v) is 15.3. The third-order valence-electron chi connectivity index (χ3n) is 5.02. The highest BCUT2D eigenvalue weighted by molar-refractivity contribution is 5.92. The van der Waals surface area contributed by atoms with Crippen LogP contribution >= 0.6 is 0 Å². The molecule has 0 spiro atoms. The largest absolute Gasteiger partial charge is 0.340 e. The van der Waals surface area contributed by atoms with E-state index in [1.807, 2.05) is 25.4 Å². The summed E-state index contributed by atoms with van der Waals surface area (Å²) in [5, 5.41) is 7.15. The molecule has 1 aliphatic rings. The molecule has 0 saturated carbocycles. The van der Waals surface area contributed by atoms with Crippen molar-refractivity contribution in [2.45, 2.75) is 32.2 Å². The van der Waals surface area contributed by atoms with Gasteiger partial charge in [-0.1, -0.05) is 19.4 Å². The highest BCUT2D eigenvalue weighted by Gasteiger charge is 2.34. The lowest BCUT2D eigenvalue weighted by Gasteiger charge is -2.28. The lowest BCUT2D eigenvalue weighted by Crippen LogP contribution is -2.34. The summed E-state index contributed by atoms with van der Waals surface area (Å²) in [7, 11) is 4.01. The fourth-order valence-corrected chi connectivity index (χ4v) is 3.79. The molecule has 1 saturated heterocycles. The molecule has 0 radical (unpaired) electrons. The Morgan fingerprint density at radius 1 is 1.48 bits per heavy atom. The summed E-state index contributed by atoms with van der Waals surface area (Å²) in [5.41, 5.74) is 2.75. The number of aryl methyl sites for hydroxylation is 1. The Kier molecular flexibility index (Phi) is 5.48. The van der Waals surface area contributed by atoms with Crippen molar-refractivity contribution in [1.82, 2.24) is 25.0 Å². The number of carbonyl (C=O) groups is 1. The Labute approximate surface area is 149 Å². The second kappa shape index (κ2) is 7.78. The lowest BCUT2D eigenvalue weighted by molar-refractivity contribution is 0.0755. The van der Waals surface area contributed by atoms with Gasteiger partial charge in [0.25, 0.3) is 5.91 Å². The number of pyridine rings is 1. The van der Waals surface area contributed by atoms with Crippen LogP contribution in [0.3, 0.4) is 0 Å². The number of hydrogen-bond donors (Lipinski definition) is 1. The van der Waals surface area contributed by atoms with Crippen LogP contribution in [0.25, 0.3) is 0 Å². The van der Waals surface area contributed by atoms with E-state index in [0.29, 0.717) is 17.7 Å². The van der Waals surface area contributed by atoms with Crippen LogP contribution in [0, 0.1) is 5.92 Å². The molecule has 1 fully saturated rings. The number of aromatic amines is 1. The monoisotopic (exact) mass is 341 g/mol. The summed E-state index contributed by atoms with van der Waals surface area (Å²) >= 11 is 0. The number of rotatable bonds is 6. The predicted octanol–water partition coefficient (Wildman–Crippen LogP) is 2.52. The number of amides is 1. The fourth-order valence-electron chi connectivity index (χ4n) is 3.79. The van der Waals surface area contributed by atoms with Crippen LogP contribution in [0.15, 0.2) is 30.6 Å². The van der Waals surface area contributed by atoms with Gasteiger partial charge in [-0.2, -0.15) is 5.10 Å². The van der Waals surface area contributed by atoms with E-state index < -0.39 is 0 Å². The second-order valence-electron chi connectivity index (χ2n) is 6.97. The van der Waals surface area contributed by atoms with Crippen molar-refractivity contribution in [2.24, 2.45) is 5.92 Å². The first-order valence-corrected chi connectivity index (χ1v) is 9.00. The van der Waals surface area contributed by atoms with Crippen molar-refractivity contribution in [3.63, 3.8) is 0 Å². The normalized spacial score (nSPS) is 20.8. The van der Waals surface area contributed by atoms with Crippen LogP contribution in [0.2, 0.25) is 0 Å². The van der Waals surface area contributed by atoms with Crippen molar-refractivity contribution < 1.29 is 4.79 Å². The Bertz CT molecular complexity index is 699. The molecule has 6 nitrogen and oxygen atoms in total. The number of H-pyrrole nitrogens is 1. The molecule has 2 atom stereocenters. The van der Waals surface area contributed by atoms with Crippen molar-refractivity contribution in [3.05, 3.63) is 47.5 Å². The van der Waals surface area contributed by atoms with Gasteiger partial charge >= 0.3 is 0 Å². The third kappa shape index (κ3) is 3.90. The van der Waals surface area contributed by atoms with E-state index in [9.17, 15) is 4.79 Å². The molecule has 0 aromatic carbocycles. The van der Waals surface area contributed by atoms with Crippen LogP contribution in [0.4, 0.5) is 0 Å². The molecule has 25 heavy (non-hydrogen) atoms. The quantitative estimate of drug-likeness (QED) is 0.877. The Morgan fingerprint density at radius 3 is 3.04 bits per heavy atom. The van der Waals surface area contributed by atoms with E-state index >= 15 is 0 Å². The van der Waals surface area contributed by atoms with Crippen LogP contribution in [-0.4, -0.2) is 58.1 Å². The maximum Gasteiger partial charge on any atom is 0.274 e. The van der Waals surface area contributed by atoms with Gasteiger partial charge in [-0.3, -0.25) is 19.8 Å². The van der Waals surface area contributed by atoms with E-state index in [0.717, 1.165) is 38.0 Å². The highest BCUT2D eigenvalue weighted by atomic mass is 16.2. The second-order valence-corrected chi connectivity index (χ2v) is 6.97. The summed E-state index contributed by atoms with van der Waals surface area (Å²) in [5.74, 6) is 0.385. The molecular weight excluding hydrogens is 314 g/mol. The Hall–Kier alpha value is -2.21. The van der Waals surface area contributed by atoms with Gasteiger partial charge in [0.2, 0.25) is 0 Å². The first kappa shape index (κ1) is 17.6. The molecular formula is C19H27N5O. The van der Waals surface area contributed by atoms with Crippen LogP contribution < -0.4 is 0 Å². The summed E-state index contributed by atoms with van der Waals surface area (Å²) < 4.78 is 0. The summed E-state index contributed by atoms with van der Waals surface area (Å²) in [6, 6.07) is 6.28. The third-order valence-corrected chi connectivity index (χ3v) is 5.02. The topological polar surface area (TPSA) is 65.1 Å². The maximum absolute atomic E-state index is 12.7. The first-order valence-electron chi connectivity index (χ1n) is 9.00. The molecule has 134 valence electrons. The Balaban J connectivity index is 1.68. The van der Waals surface area contributed by atoms with Crippen molar-refractivity contribution in [2.75, 3.05) is 27.2 Å². The number of aromatic nitrogens is 3. The highest BCUT2D eigenvalue weighted by Crippen LogP contribution is 2.36. The summed E-state index contributed by atoms with van der Waals surface area (Å²) in [6.07, 6.45) is 6.77. The average molecular weight is 341 g/mol. The predicted molar refractivity (Wildman–Crippen MR) is 97.3 cm³/mol. The van der Waals surface area contributed by atoms with Crippen LogP contribution in [0.5, 0.6) is 0 Å². The Morgan fingerprint density at radius 2 is 2.32 bits per heavy atom. The van der Waals surface area contributed by atoms with Crippen molar-refractivity contribution >= 4 is 5.91 Å². The van der Waals surface area contributed by atoms with Gasteiger partial charge in [0.05, 0.1) is 0 Å². The van der Waals surface area contributed by atoms with Crippen LogP contribution in [0.1, 0.15) is 47.6 Å². The number of carbonyl (C=O) groups excluding carboxylic acids is 1. The van der Waals surface area contributed by atoms with Gasteiger partial charge in [-0.25, -0.2) is 0 Å². The van der Waals surface area contributed by atoms with Gasteiger partial charge in [-0.15, -0.1) is 0 Å². The number of nitrogens with zero attached hydrogens (tertiary/aromatic N) is 4. The molecule has 0 aliphatic carbocycles. The molecule has 3 rings (SSSR count). The first-order chi connectivity index (χ1) is 12.1. The van der Waals surface area contributed by atoms with E-state index in [2.05, 4.69) is 40.1 Å². The standard InChI is InChI=1S/C19H27N5O/c1-4-6-16-11-17(22-21-16)19(25)24(3)13-15-8-10-23(2)18(15)14-7-5-9-20-12-14/h5,7,9,11-12,15,18H,4,6,8,10,13H2,1-3H3,(H,21,22)/t15-,18-/m0/s1. The van der Waals surface area contributed by atoms with Gasteiger partial charge in [0, 0.05) is 37.7 Å². The molecule has 0 bridgehead atoms. The fraction of sp³-hybridized carbons (Fsp3) is 0.526. The minimum atomic E-state index is -0.0157. The van der Waals surface area contributed by atoms with Crippen molar-refractivity contribution in [3.8, 4) is 0 Å². The summed E-state index contributed by atoms with van der Waals surface area (Å²) in [4.78, 5) is 21.1. The summed E-state index contributed by atoms with van der Waals surface area (Å²) in [6.45, 7) is 3.87. The van der Waals surface area contributed by atoms with Crippen LogP contribution in [-0.2, 0) is 6.42 Å². The number of nitrogens with one attached hydrogen (secondary N) is 1. The zero-order chi connectivity index (χ0) is 17.8. The maximum atomic E-state index is 12.7. The van der Waals surface area contributed by atoms with Gasteiger partial charge < -0.3 is 4.90 Å². The SMILES string of the molecule is CCCc1cc(C(=O)N(C)C[C@@H]2CCN(C)[C@H]2c2cccnc2)n[nH]1. The minimum Gasteiger partial charge on any atom is -0.340 e. The number of likely N-dealkylation sites (tertiary alicyclic amines) is 1. The molecule has 3 heterocycles. The van der Waals surface area contributed by atoms with E-state index in [1.165, 1.54) is 5.56 Å². The lowest BCUT2D eigenvalue weighted by atomic mass is 9.94. The van der Waals surface area contributed by atoms with Crippen molar-refractivity contribution in [1.29, 1.82) is 0 Å². The van der Waals surface area contributed by atoms with E-state index in [1.54, 1.807) is 11.1 Å². The minimum absolute atomic E-state index is 0.0157. The van der Waals surface area contributed by atoms with E-state index in [4.69, 9.17) is 0 Å². The number of hydrogen-bond acceptors (Lipinski definition) is 4. The molecule has 2 aromatic rings. The zero-order valence-electron chi connectivity index (χ0n) is 15.3. The molecule has 1 amide bonds. The molecule has 6 heteroatoms. The molecule has 2 aromatic heterocycles. The smallest absolute Gasteiger partial charge is 0.274 e. The van der Waals surface area contributed by atoms with Gasteiger partial charge in [0.15, 0.2) is 0 Å². The average Bonchev–Trinajstić information content (AvgIpc) is 3.22. The van der Waals surface area contributed by atoms with E-state index in [-0.39, 0.29) is 5.91 Å². The van der Waals surface area contributed by atoms with Gasteiger partial charge in [0.1, 0.15) is 5.69 Å². The molecule has 1 N–H and O–H groups in total.